The van der Waals surface area contributed by atoms with Crippen LogP contribution in [0, 0.1) is 0 Å². The minimum Gasteiger partial charge on any atom is -0.337 e. The number of hydrogen-bond acceptors (Lipinski definition) is 4. The third kappa shape index (κ3) is 3.56. The van der Waals surface area contributed by atoms with Gasteiger partial charge < -0.3 is 14.7 Å². The van der Waals surface area contributed by atoms with Crippen molar-refractivity contribution in [3.05, 3.63) is 35.9 Å². The van der Waals surface area contributed by atoms with E-state index in [1.165, 1.54) is 12.8 Å². The average molecular weight is 369 g/mol. The fraction of sp³-hybridized carbons (Fsp3) is 0.550. The summed E-state index contributed by atoms with van der Waals surface area (Å²) >= 11 is 0. The van der Waals surface area contributed by atoms with Crippen LogP contribution in [-0.2, 0) is 0 Å². The summed E-state index contributed by atoms with van der Waals surface area (Å²) in [5, 5.41) is 0. The van der Waals surface area contributed by atoms with E-state index in [0.717, 1.165) is 39.0 Å². The molecule has 0 aromatic carbocycles. The maximum atomic E-state index is 13.1. The molecule has 0 saturated carbocycles. The number of carbonyl (C=O) groups excluding carboxylic acids is 2. The van der Waals surface area contributed by atoms with Crippen molar-refractivity contribution in [2.24, 2.45) is 0 Å². The van der Waals surface area contributed by atoms with Crippen LogP contribution in [0.4, 0.5) is 0 Å². The summed E-state index contributed by atoms with van der Waals surface area (Å²) < 4.78 is 1.77. The lowest BCUT2D eigenvalue weighted by atomic mass is 10.2. The number of amides is 2. The summed E-state index contributed by atoms with van der Waals surface area (Å²) in [6, 6.07) is 5.63. The fourth-order valence-corrected chi connectivity index (χ4v) is 3.92. The molecule has 2 aliphatic rings. The molecule has 0 radical (unpaired) electrons. The molecule has 0 N–H and O–H groups in total. The van der Waals surface area contributed by atoms with E-state index in [1.807, 2.05) is 34.2 Å². The van der Waals surface area contributed by atoms with Gasteiger partial charge in [-0.25, -0.2) is 4.98 Å². The monoisotopic (exact) mass is 369 g/mol. The lowest BCUT2D eigenvalue weighted by Gasteiger charge is -2.31. The Balaban J connectivity index is 1.66. The van der Waals surface area contributed by atoms with Gasteiger partial charge in [0.05, 0.1) is 5.52 Å². The highest BCUT2D eigenvalue weighted by Gasteiger charge is 2.28. The molecule has 2 amide bonds. The highest BCUT2D eigenvalue weighted by molar-refractivity contribution is 6.02. The first kappa shape index (κ1) is 18.0. The molecule has 0 unspecified atom stereocenters. The molecule has 144 valence electrons. The zero-order chi connectivity index (χ0) is 18.8. The first-order chi connectivity index (χ1) is 13.1. The number of fused-ring (bicyclic) bond motifs is 1. The summed E-state index contributed by atoms with van der Waals surface area (Å²) in [7, 11) is 2.06. The van der Waals surface area contributed by atoms with Gasteiger partial charge in [0.25, 0.3) is 11.8 Å². The van der Waals surface area contributed by atoms with Crippen LogP contribution < -0.4 is 0 Å². The SMILES string of the molecule is CN1CCN(C(=O)c2nc(C(=O)N3CCCCCC3)c3ccccn23)CC1. The third-order valence-electron chi connectivity index (χ3n) is 5.63. The molecule has 4 rings (SSSR count). The van der Waals surface area contributed by atoms with Crippen LogP contribution in [0.2, 0.25) is 0 Å². The van der Waals surface area contributed by atoms with Crippen LogP contribution in [0.15, 0.2) is 24.4 Å². The minimum absolute atomic E-state index is 0.0574. The van der Waals surface area contributed by atoms with Crippen LogP contribution in [0.25, 0.3) is 5.52 Å². The number of imidazole rings is 1. The molecule has 27 heavy (non-hydrogen) atoms. The maximum absolute atomic E-state index is 13.1. The smallest absolute Gasteiger partial charge is 0.290 e. The zero-order valence-electron chi connectivity index (χ0n) is 15.9. The van der Waals surface area contributed by atoms with Crippen LogP contribution in [0.1, 0.15) is 46.8 Å². The van der Waals surface area contributed by atoms with Gasteiger partial charge in [0.15, 0.2) is 5.69 Å². The second-order valence-electron chi connectivity index (χ2n) is 7.54. The van der Waals surface area contributed by atoms with Crippen LogP contribution in [0.5, 0.6) is 0 Å². The number of nitrogens with zero attached hydrogens (tertiary/aromatic N) is 5. The van der Waals surface area contributed by atoms with E-state index in [4.69, 9.17) is 0 Å². The van der Waals surface area contributed by atoms with Crippen molar-refractivity contribution in [1.29, 1.82) is 0 Å². The lowest BCUT2D eigenvalue weighted by Crippen LogP contribution is -2.47. The van der Waals surface area contributed by atoms with Crippen molar-refractivity contribution in [3.63, 3.8) is 0 Å². The summed E-state index contributed by atoms with van der Waals surface area (Å²) in [5.41, 5.74) is 1.11. The molecule has 7 heteroatoms. The van der Waals surface area contributed by atoms with Crippen LogP contribution >= 0.6 is 0 Å². The van der Waals surface area contributed by atoms with Gasteiger partial charge in [-0.05, 0) is 32.0 Å². The van der Waals surface area contributed by atoms with E-state index in [0.29, 0.717) is 30.1 Å². The minimum atomic E-state index is -0.0979. The fourth-order valence-electron chi connectivity index (χ4n) is 3.92. The Bertz CT molecular complexity index is 830. The van der Waals surface area contributed by atoms with Crippen LogP contribution in [0.3, 0.4) is 0 Å². The Morgan fingerprint density at radius 2 is 1.52 bits per heavy atom. The van der Waals surface area contributed by atoms with Gasteiger partial charge in [0.1, 0.15) is 0 Å². The maximum Gasteiger partial charge on any atom is 0.290 e. The number of hydrogen-bond donors (Lipinski definition) is 0. The molecule has 2 aromatic heterocycles. The summed E-state index contributed by atoms with van der Waals surface area (Å²) in [5.74, 6) is 0.186. The third-order valence-corrected chi connectivity index (χ3v) is 5.63. The van der Waals surface area contributed by atoms with Crippen molar-refractivity contribution in [2.45, 2.75) is 25.7 Å². The zero-order valence-corrected chi connectivity index (χ0v) is 15.9. The molecule has 2 fully saturated rings. The molecule has 2 aliphatic heterocycles. The largest absolute Gasteiger partial charge is 0.337 e. The normalized spacial score (nSPS) is 19.3. The number of aromatic nitrogens is 2. The Kier molecular flexibility index (Phi) is 5.11. The van der Waals surface area contributed by atoms with Crippen LogP contribution in [-0.4, -0.2) is 82.2 Å². The van der Waals surface area contributed by atoms with Crippen molar-refractivity contribution >= 4 is 17.3 Å². The highest BCUT2D eigenvalue weighted by atomic mass is 16.2. The predicted octanol–water partition coefficient (Wildman–Crippen LogP) is 1.74. The molecular formula is C20H27N5O2. The topological polar surface area (TPSA) is 61.2 Å². The van der Waals surface area contributed by atoms with E-state index >= 15 is 0 Å². The second kappa shape index (κ2) is 7.68. The Hall–Kier alpha value is -2.41. The van der Waals surface area contributed by atoms with E-state index in [-0.39, 0.29) is 11.8 Å². The molecular weight excluding hydrogens is 342 g/mol. The van der Waals surface area contributed by atoms with Crippen molar-refractivity contribution in [2.75, 3.05) is 46.3 Å². The van der Waals surface area contributed by atoms with Gasteiger partial charge >= 0.3 is 0 Å². The average Bonchev–Trinajstić information content (AvgIpc) is 2.87. The second-order valence-corrected chi connectivity index (χ2v) is 7.54. The Morgan fingerprint density at radius 1 is 0.852 bits per heavy atom. The number of likely N-dealkylation sites (tertiary alicyclic amines) is 1. The summed E-state index contributed by atoms with van der Waals surface area (Å²) in [6.07, 6.45) is 6.22. The standard InChI is InChI=1S/C20H27N5O2/c1-22-12-14-24(15-13-22)20(27)18-21-17(16-8-4-7-11-25(16)18)19(26)23-9-5-2-3-6-10-23/h4,7-8,11H,2-3,5-6,9-10,12-15H2,1H3. The van der Waals surface area contributed by atoms with Crippen molar-refractivity contribution in [3.8, 4) is 0 Å². The van der Waals surface area contributed by atoms with Gasteiger partial charge in [-0.1, -0.05) is 18.9 Å². The van der Waals surface area contributed by atoms with Gasteiger partial charge in [-0.3, -0.25) is 14.0 Å². The number of rotatable bonds is 2. The summed E-state index contributed by atoms with van der Waals surface area (Å²) in [4.78, 5) is 36.7. The van der Waals surface area contributed by atoms with E-state index in [9.17, 15) is 9.59 Å². The van der Waals surface area contributed by atoms with E-state index < -0.39 is 0 Å². The van der Waals surface area contributed by atoms with Gasteiger partial charge in [0.2, 0.25) is 5.82 Å². The highest BCUT2D eigenvalue weighted by Crippen LogP contribution is 2.19. The Morgan fingerprint density at radius 3 is 2.22 bits per heavy atom. The molecule has 0 bridgehead atoms. The quantitative estimate of drug-likeness (QED) is 0.809. The van der Waals surface area contributed by atoms with Gasteiger partial charge in [0, 0.05) is 45.5 Å². The molecule has 2 aromatic rings. The summed E-state index contributed by atoms with van der Waals surface area (Å²) in [6.45, 7) is 4.63. The number of piperazine rings is 1. The molecule has 0 spiro atoms. The molecule has 7 nitrogen and oxygen atoms in total. The Labute approximate surface area is 159 Å². The molecule has 4 heterocycles. The predicted molar refractivity (Wildman–Crippen MR) is 103 cm³/mol. The molecule has 0 atom stereocenters. The van der Waals surface area contributed by atoms with E-state index in [1.54, 1.807) is 4.40 Å². The first-order valence-corrected chi connectivity index (χ1v) is 9.89. The van der Waals surface area contributed by atoms with Gasteiger partial charge in [-0.15, -0.1) is 0 Å². The number of carbonyl (C=O) groups is 2. The van der Waals surface area contributed by atoms with Gasteiger partial charge in [-0.2, -0.15) is 0 Å². The number of likely N-dealkylation sites (N-methyl/N-ethyl adjacent to an activating group) is 1. The first-order valence-electron chi connectivity index (χ1n) is 9.89. The molecule has 0 aliphatic carbocycles. The lowest BCUT2D eigenvalue weighted by molar-refractivity contribution is 0.0651. The van der Waals surface area contributed by atoms with Crippen molar-refractivity contribution in [1.82, 2.24) is 24.1 Å². The van der Waals surface area contributed by atoms with E-state index in [2.05, 4.69) is 16.9 Å². The van der Waals surface area contributed by atoms with Crippen molar-refractivity contribution < 1.29 is 9.59 Å². The number of pyridine rings is 1. The molecule has 2 saturated heterocycles.